The second kappa shape index (κ2) is 5.87. The van der Waals surface area contributed by atoms with Gasteiger partial charge in [-0.3, -0.25) is 0 Å². The molecule has 2 N–H and O–H groups in total. The van der Waals surface area contributed by atoms with Crippen LogP contribution < -0.4 is 5.73 Å². The van der Waals surface area contributed by atoms with Gasteiger partial charge in [-0.25, -0.2) is 0 Å². The lowest BCUT2D eigenvalue weighted by Crippen LogP contribution is -2.23. The molecule has 1 heterocycles. The quantitative estimate of drug-likeness (QED) is 0.608. The van der Waals surface area contributed by atoms with Crippen molar-refractivity contribution in [3.05, 3.63) is 29.8 Å². The summed E-state index contributed by atoms with van der Waals surface area (Å²) >= 11 is 0. The fraction of sp³-hybridized carbons (Fsp3) is 0.538. The predicted molar refractivity (Wildman–Crippen MR) is 66.2 cm³/mol. The molecule has 0 saturated carbocycles. The van der Waals surface area contributed by atoms with Crippen molar-refractivity contribution >= 4 is 5.69 Å². The lowest BCUT2D eigenvalue weighted by atomic mass is 10.2. The maximum atomic E-state index is 5.64. The molecular formula is C13H20N2O. The fourth-order valence-electron chi connectivity index (χ4n) is 2.00. The van der Waals surface area contributed by atoms with Gasteiger partial charge in [-0.1, -0.05) is 12.1 Å². The summed E-state index contributed by atoms with van der Waals surface area (Å²) in [5.74, 6) is 0. The molecule has 16 heavy (non-hydrogen) atoms. The normalized spacial score (nSPS) is 16.8. The average Bonchev–Trinajstić information content (AvgIpc) is 2.80. The monoisotopic (exact) mass is 220 g/mol. The Balaban J connectivity index is 1.62. The number of nitrogens with two attached hydrogens (primary N) is 1. The van der Waals surface area contributed by atoms with Crippen LogP contribution in [0.4, 0.5) is 5.69 Å². The first kappa shape index (κ1) is 11.4. The first-order valence-electron chi connectivity index (χ1n) is 5.99. The van der Waals surface area contributed by atoms with Gasteiger partial charge in [0, 0.05) is 12.2 Å². The van der Waals surface area contributed by atoms with Gasteiger partial charge in [0.25, 0.3) is 0 Å². The zero-order valence-corrected chi connectivity index (χ0v) is 9.69. The van der Waals surface area contributed by atoms with Gasteiger partial charge < -0.3 is 15.4 Å². The largest absolute Gasteiger partial charge is 0.399 e. The molecule has 0 aliphatic carbocycles. The highest BCUT2D eigenvalue weighted by atomic mass is 16.5. The van der Waals surface area contributed by atoms with Crippen LogP contribution in [0.3, 0.4) is 0 Å². The minimum atomic E-state index is 0.689. The lowest BCUT2D eigenvalue weighted by Gasteiger charge is -2.14. The zero-order chi connectivity index (χ0) is 11.2. The van der Waals surface area contributed by atoms with Crippen LogP contribution in [0.1, 0.15) is 18.4 Å². The Morgan fingerprint density at radius 1 is 1.12 bits per heavy atom. The van der Waals surface area contributed by atoms with Gasteiger partial charge in [0.1, 0.15) is 0 Å². The molecule has 1 aromatic rings. The minimum absolute atomic E-state index is 0.689. The molecule has 2 rings (SSSR count). The molecule has 0 radical (unpaired) electrons. The standard InChI is InChI=1S/C13H20N2O/c14-13-5-3-12(4-6-13)11-16-10-9-15-7-1-2-8-15/h3-6H,1-2,7-11,14H2. The van der Waals surface area contributed by atoms with E-state index in [2.05, 4.69) is 4.90 Å². The van der Waals surface area contributed by atoms with Crippen LogP contribution in [0, 0.1) is 0 Å². The van der Waals surface area contributed by atoms with Crippen LogP contribution in [0.25, 0.3) is 0 Å². The Hall–Kier alpha value is -1.06. The third kappa shape index (κ3) is 3.51. The summed E-state index contributed by atoms with van der Waals surface area (Å²) in [5, 5.41) is 0. The second-order valence-electron chi connectivity index (χ2n) is 4.34. The minimum Gasteiger partial charge on any atom is -0.399 e. The van der Waals surface area contributed by atoms with Gasteiger partial charge in [0.15, 0.2) is 0 Å². The highest BCUT2D eigenvalue weighted by Gasteiger charge is 2.10. The number of rotatable bonds is 5. The number of ether oxygens (including phenoxy) is 1. The number of hydrogen-bond donors (Lipinski definition) is 1. The Morgan fingerprint density at radius 3 is 2.50 bits per heavy atom. The van der Waals surface area contributed by atoms with E-state index in [1.54, 1.807) is 0 Å². The van der Waals surface area contributed by atoms with Crippen molar-refractivity contribution in [3.63, 3.8) is 0 Å². The molecule has 3 heteroatoms. The maximum Gasteiger partial charge on any atom is 0.0717 e. The average molecular weight is 220 g/mol. The molecule has 0 aromatic heterocycles. The molecule has 0 amide bonds. The molecule has 0 bridgehead atoms. The third-order valence-electron chi connectivity index (χ3n) is 3.00. The summed E-state index contributed by atoms with van der Waals surface area (Å²) in [4.78, 5) is 2.46. The first-order chi connectivity index (χ1) is 7.84. The topological polar surface area (TPSA) is 38.5 Å². The zero-order valence-electron chi connectivity index (χ0n) is 9.69. The van der Waals surface area contributed by atoms with Crippen LogP contribution in [0.5, 0.6) is 0 Å². The van der Waals surface area contributed by atoms with Crippen molar-refractivity contribution in [3.8, 4) is 0 Å². The highest BCUT2D eigenvalue weighted by molar-refractivity contribution is 5.39. The Bertz CT molecular complexity index is 304. The summed E-state index contributed by atoms with van der Waals surface area (Å²) in [6.45, 7) is 5.06. The maximum absolute atomic E-state index is 5.64. The van der Waals surface area contributed by atoms with Crippen LogP contribution in [-0.2, 0) is 11.3 Å². The van der Waals surface area contributed by atoms with E-state index in [-0.39, 0.29) is 0 Å². The molecule has 0 atom stereocenters. The number of anilines is 1. The number of hydrogen-bond acceptors (Lipinski definition) is 3. The van der Waals surface area contributed by atoms with Crippen LogP contribution in [0.15, 0.2) is 24.3 Å². The van der Waals surface area contributed by atoms with Crippen molar-refractivity contribution in [1.29, 1.82) is 0 Å². The number of nitrogen functional groups attached to an aromatic ring is 1. The van der Waals surface area contributed by atoms with Crippen LogP contribution in [0.2, 0.25) is 0 Å². The summed E-state index contributed by atoms with van der Waals surface area (Å²) < 4.78 is 5.64. The van der Waals surface area contributed by atoms with Gasteiger partial charge >= 0.3 is 0 Å². The van der Waals surface area contributed by atoms with Gasteiger partial charge in [-0.15, -0.1) is 0 Å². The third-order valence-corrected chi connectivity index (χ3v) is 3.00. The van der Waals surface area contributed by atoms with Gasteiger partial charge in [-0.2, -0.15) is 0 Å². The van der Waals surface area contributed by atoms with Crippen LogP contribution in [-0.4, -0.2) is 31.1 Å². The van der Waals surface area contributed by atoms with E-state index < -0.39 is 0 Å². The van der Waals surface area contributed by atoms with E-state index in [1.165, 1.54) is 31.5 Å². The smallest absolute Gasteiger partial charge is 0.0717 e. The number of nitrogens with zero attached hydrogens (tertiary/aromatic N) is 1. The lowest BCUT2D eigenvalue weighted by molar-refractivity contribution is 0.0992. The van der Waals surface area contributed by atoms with Crippen LogP contribution >= 0.6 is 0 Å². The van der Waals surface area contributed by atoms with Crippen molar-refractivity contribution in [2.75, 3.05) is 32.0 Å². The van der Waals surface area contributed by atoms with E-state index in [4.69, 9.17) is 10.5 Å². The molecule has 1 fully saturated rings. The van der Waals surface area contributed by atoms with E-state index in [1.807, 2.05) is 24.3 Å². The molecule has 1 saturated heterocycles. The van der Waals surface area contributed by atoms with Crippen molar-refractivity contribution in [2.24, 2.45) is 0 Å². The summed E-state index contributed by atoms with van der Waals surface area (Å²) in [5.41, 5.74) is 7.61. The molecular weight excluding hydrogens is 200 g/mol. The van der Waals surface area contributed by atoms with Crippen molar-refractivity contribution in [2.45, 2.75) is 19.4 Å². The van der Waals surface area contributed by atoms with E-state index in [9.17, 15) is 0 Å². The summed E-state index contributed by atoms with van der Waals surface area (Å²) in [6, 6.07) is 7.87. The fourth-order valence-corrected chi connectivity index (χ4v) is 2.00. The Morgan fingerprint density at radius 2 is 1.81 bits per heavy atom. The molecule has 1 aliphatic heterocycles. The Labute approximate surface area is 97.2 Å². The van der Waals surface area contributed by atoms with Crippen molar-refractivity contribution < 1.29 is 4.74 Å². The first-order valence-corrected chi connectivity index (χ1v) is 5.99. The Kier molecular flexibility index (Phi) is 4.19. The molecule has 1 aromatic carbocycles. The molecule has 0 unspecified atom stereocenters. The molecule has 0 spiro atoms. The summed E-state index contributed by atoms with van der Waals surface area (Å²) in [7, 11) is 0. The van der Waals surface area contributed by atoms with E-state index >= 15 is 0 Å². The van der Waals surface area contributed by atoms with E-state index in [0.29, 0.717) is 6.61 Å². The van der Waals surface area contributed by atoms with E-state index in [0.717, 1.165) is 18.8 Å². The molecule has 3 nitrogen and oxygen atoms in total. The SMILES string of the molecule is Nc1ccc(COCCN2CCCC2)cc1. The van der Waals surface area contributed by atoms with Gasteiger partial charge in [-0.05, 0) is 43.6 Å². The summed E-state index contributed by atoms with van der Waals surface area (Å²) in [6.07, 6.45) is 2.69. The number of likely N-dealkylation sites (tertiary alicyclic amines) is 1. The highest BCUT2D eigenvalue weighted by Crippen LogP contribution is 2.08. The molecule has 1 aliphatic rings. The van der Waals surface area contributed by atoms with Gasteiger partial charge in [0.2, 0.25) is 0 Å². The van der Waals surface area contributed by atoms with Gasteiger partial charge in [0.05, 0.1) is 13.2 Å². The predicted octanol–water partition coefficient (Wildman–Crippen LogP) is 1.88. The number of benzene rings is 1. The van der Waals surface area contributed by atoms with Crippen molar-refractivity contribution in [1.82, 2.24) is 4.90 Å². The molecule has 88 valence electrons. The second-order valence-corrected chi connectivity index (χ2v) is 4.34.